The van der Waals surface area contributed by atoms with Crippen LogP contribution in [0.4, 0.5) is 9.59 Å². The van der Waals surface area contributed by atoms with Gasteiger partial charge in [0, 0.05) is 6.42 Å². The second-order valence-electron chi connectivity index (χ2n) is 10.7. The molecule has 0 fully saturated rings. The molecule has 37 heavy (non-hydrogen) atoms. The van der Waals surface area contributed by atoms with Crippen LogP contribution in [0.5, 0.6) is 0 Å². The van der Waals surface area contributed by atoms with Crippen LogP contribution in [0, 0.1) is 0 Å². The molecular weight excluding hydrogens is 480 g/mol. The number of nitrogens with zero attached hydrogens (tertiary/aromatic N) is 3. The van der Waals surface area contributed by atoms with E-state index >= 15 is 0 Å². The van der Waals surface area contributed by atoms with E-state index in [1.807, 2.05) is 30.3 Å². The predicted molar refractivity (Wildman–Crippen MR) is 132 cm³/mol. The van der Waals surface area contributed by atoms with Crippen LogP contribution in [-0.2, 0) is 43.4 Å². The van der Waals surface area contributed by atoms with Crippen molar-refractivity contribution in [1.82, 2.24) is 19.8 Å². The first-order chi connectivity index (χ1) is 17.2. The number of carbonyl (C=O) groups is 4. The van der Waals surface area contributed by atoms with Crippen molar-refractivity contribution in [2.75, 3.05) is 6.54 Å². The maximum atomic E-state index is 13.1. The molecule has 2 heterocycles. The smallest absolute Gasteiger partial charge is 0.420 e. The Kier molecular flexibility index (Phi) is 8.25. The van der Waals surface area contributed by atoms with E-state index < -0.39 is 41.3 Å². The molecule has 0 bridgehead atoms. The highest BCUT2D eigenvalue weighted by Crippen LogP contribution is 2.26. The molecule has 2 aromatic rings. The Morgan fingerprint density at radius 1 is 0.973 bits per heavy atom. The van der Waals surface area contributed by atoms with Gasteiger partial charge in [-0.2, -0.15) is 0 Å². The Balaban J connectivity index is 1.73. The largest absolute Gasteiger partial charge is 0.460 e. The van der Waals surface area contributed by atoms with Gasteiger partial charge >= 0.3 is 18.2 Å². The molecule has 1 aliphatic rings. The van der Waals surface area contributed by atoms with E-state index in [4.69, 9.17) is 14.2 Å². The highest BCUT2D eigenvalue weighted by atomic mass is 16.6. The number of hydrogen-bond acceptors (Lipinski definition) is 8. The monoisotopic (exact) mass is 514 g/mol. The number of fused-ring (bicyclic) bond motifs is 1. The van der Waals surface area contributed by atoms with Crippen LogP contribution < -0.4 is 5.32 Å². The number of benzene rings is 1. The molecule has 0 saturated carbocycles. The molecule has 0 aliphatic carbocycles. The normalized spacial score (nSPS) is 15.4. The standard InChI is InChI=1S/C26H34N4O7/c1-25(2,3)36-23(33)29-14-20-18(28-16-30(20)24(34)37-26(4,5)6)12-19(29)22(32)27-13-21(31)35-15-17-10-8-7-9-11-17/h7-11,16,19H,12-15H2,1-6H3,(H,27,32)/t19-/m0/s1. The van der Waals surface area contributed by atoms with E-state index in [9.17, 15) is 19.2 Å². The van der Waals surface area contributed by atoms with Gasteiger partial charge in [-0.15, -0.1) is 0 Å². The first-order valence-corrected chi connectivity index (χ1v) is 12.0. The van der Waals surface area contributed by atoms with Crippen molar-refractivity contribution in [3.8, 4) is 0 Å². The lowest BCUT2D eigenvalue weighted by molar-refractivity contribution is -0.145. The van der Waals surface area contributed by atoms with E-state index in [-0.39, 0.29) is 26.1 Å². The average molecular weight is 515 g/mol. The third kappa shape index (κ3) is 7.80. The third-order valence-electron chi connectivity index (χ3n) is 5.21. The van der Waals surface area contributed by atoms with Crippen LogP contribution in [0.1, 0.15) is 58.5 Å². The molecule has 1 aromatic heterocycles. The predicted octanol–water partition coefficient (Wildman–Crippen LogP) is 3.19. The number of amides is 2. The molecule has 11 heteroatoms. The zero-order chi connectivity index (χ0) is 27.4. The Morgan fingerprint density at radius 3 is 2.22 bits per heavy atom. The van der Waals surface area contributed by atoms with Gasteiger partial charge in [-0.1, -0.05) is 30.3 Å². The summed E-state index contributed by atoms with van der Waals surface area (Å²) in [6.45, 7) is 9.96. The molecule has 1 aromatic carbocycles. The summed E-state index contributed by atoms with van der Waals surface area (Å²) in [6.07, 6.45) is -0.0426. The van der Waals surface area contributed by atoms with Crippen molar-refractivity contribution in [3.05, 3.63) is 53.6 Å². The summed E-state index contributed by atoms with van der Waals surface area (Å²) in [6, 6.07) is 8.15. The number of hydrogen-bond donors (Lipinski definition) is 1. The van der Waals surface area contributed by atoms with E-state index in [0.29, 0.717) is 11.4 Å². The van der Waals surface area contributed by atoms with Gasteiger partial charge in [-0.3, -0.25) is 14.5 Å². The van der Waals surface area contributed by atoms with Gasteiger partial charge < -0.3 is 19.5 Å². The van der Waals surface area contributed by atoms with Crippen molar-refractivity contribution in [2.24, 2.45) is 0 Å². The van der Waals surface area contributed by atoms with Crippen LogP contribution >= 0.6 is 0 Å². The molecular formula is C26H34N4O7. The van der Waals surface area contributed by atoms with Crippen LogP contribution in [0.2, 0.25) is 0 Å². The summed E-state index contributed by atoms with van der Waals surface area (Å²) in [7, 11) is 0. The molecule has 1 aliphatic heterocycles. The van der Waals surface area contributed by atoms with Gasteiger partial charge in [0.1, 0.15) is 36.7 Å². The summed E-state index contributed by atoms with van der Waals surface area (Å²) in [4.78, 5) is 56.5. The lowest BCUT2D eigenvalue weighted by Gasteiger charge is -2.35. The molecule has 1 atom stereocenters. The fraction of sp³-hybridized carbons (Fsp3) is 0.500. The molecule has 0 spiro atoms. The number of imidazole rings is 1. The van der Waals surface area contributed by atoms with E-state index in [2.05, 4.69) is 10.3 Å². The average Bonchev–Trinajstić information content (AvgIpc) is 3.22. The van der Waals surface area contributed by atoms with Gasteiger partial charge in [0.05, 0.1) is 17.9 Å². The highest BCUT2D eigenvalue weighted by molar-refractivity contribution is 5.89. The van der Waals surface area contributed by atoms with Crippen molar-refractivity contribution >= 4 is 24.1 Å². The molecule has 0 radical (unpaired) electrons. The fourth-order valence-electron chi connectivity index (χ4n) is 3.59. The minimum absolute atomic E-state index is 0.0231. The number of rotatable bonds is 5. The molecule has 200 valence electrons. The van der Waals surface area contributed by atoms with Gasteiger partial charge in [0.15, 0.2) is 0 Å². The Hall–Kier alpha value is -3.89. The van der Waals surface area contributed by atoms with Gasteiger partial charge in [0.2, 0.25) is 5.91 Å². The first-order valence-electron chi connectivity index (χ1n) is 12.0. The maximum Gasteiger partial charge on any atom is 0.420 e. The maximum absolute atomic E-state index is 13.1. The molecule has 0 saturated heterocycles. The minimum atomic E-state index is -1.01. The van der Waals surface area contributed by atoms with E-state index in [0.717, 1.165) is 5.56 Å². The van der Waals surface area contributed by atoms with Gasteiger partial charge in [0.25, 0.3) is 0 Å². The second-order valence-corrected chi connectivity index (χ2v) is 10.7. The summed E-state index contributed by atoms with van der Waals surface area (Å²) < 4.78 is 17.4. The van der Waals surface area contributed by atoms with E-state index in [1.165, 1.54) is 15.8 Å². The SMILES string of the molecule is CC(C)(C)OC(=O)N1Cc2c(ncn2C(=O)OC(C)(C)C)C[C@H]1C(=O)NCC(=O)OCc1ccccc1. The summed E-state index contributed by atoms with van der Waals surface area (Å²) >= 11 is 0. The highest BCUT2D eigenvalue weighted by Gasteiger charge is 2.40. The molecule has 2 amide bonds. The van der Waals surface area contributed by atoms with Crippen molar-refractivity contribution in [1.29, 1.82) is 0 Å². The molecule has 1 N–H and O–H groups in total. The summed E-state index contributed by atoms with van der Waals surface area (Å²) in [5.74, 6) is -1.19. The summed E-state index contributed by atoms with van der Waals surface area (Å²) in [5.41, 5.74) is 0.165. The molecule has 0 unspecified atom stereocenters. The van der Waals surface area contributed by atoms with Crippen LogP contribution in [0.25, 0.3) is 0 Å². The van der Waals surface area contributed by atoms with Crippen LogP contribution in [0.3, 0.4) is 0 Å². The first kappa shape index (κ1) is 27.7. The number of carbonyl (C=O) groups excluding carboxylic acids is 4. The van der Waals surface area contributed by atoms with Crippen molar-refractivity contribution in [2.45, 2.75) is 78.4 Å². The zero-order valence-electron chi connectivity index (χ0n) is 22.1. The Bertz CT molecular complexity index is 1150. The number of aromatic nitrogens is 2. The Morgan fingerprint density at radius 2 is 1.59 bits per heavy atom. The number of ether oxygens (including phenoxy) is 3. The Labute approximate surface area is 216 Å². The van der Waals surface area contributed by atoms with Crippen LogP contribution in [-0.4, -0.2) is 62.3 Å². The second kappa shape index (κ2) is 11.0. The van der Waals surface area contributed by atoms with Crippen LogP contribution in [0.15, 0.2) is 36.7 Å². The lowest BCUT2D eigenvalue weighted by Crippen LogP contribution is -2.54. The van der Waals surface area contributed by atoms with Gasteiger partial charge in [-0.05, 0) is 47.1 Å². The summed E-state index contributed by atoms with van der Waals surface area (Å²) in [5, 5.41) is 2.54. The number of nitrogens with one attached hydrogen (secondary N) is 1. The quantitative estimate of drug-likeness (QED) is 0.476. The van der Waals surface area contributed by atoms with Gasteiger partial charge in [-0.25, -0.2) is 19.1 Å². The molecule has 3 rings (SSSR count). The topological polar surface area (TPSA) is 129 Å². The fourth-order valence-corrected chi connectivity index (χ4v) is 3.59. The number of esters is 1. The lowest BCUT2D eigenvalue weighted by atomic mass is 10.0. The third-order valence-corrected chi connectivity index (χ3v) is 5.21. The van der Waals surface area contributed by atoms with Crippen molar-refractivity contribution in [3.63, 3.8) is 0 Å². The molecule has 11 nitrogen and oxygen atoms in total. The zero-order valence-corrected chi connectivity index (χ0v) is 22.1. The van der Waals surface area contributed by atoms with Crippen molar-refractivity contribution < 1.29 is 33.4 Å². The van der Waals surface area contributed by atoms with E-state index in [1.54, 1.807) is 41.5 Å². The minimum Gasteiger partial charge on any atom is -0.460 e.